The monoisotopic (exact) mass is 343 g/mol. The van der Waals surface area contributed by atoms with E-state index in [9.17, 15) is 4.79 Å². The van der Waals surface area contributed by atoms with E-state index in [0.29, 0.717) is 18.8 Å². The van der Waals surface area contributed by atoms with Crippen LogP contribution in [0.4, 0.5) is 0 Å². The number of carbonyl (C=O) groups is 1. The molecular weight excluding hydrogens is 321 g/mol. The van der Waals surface area contributed by atoms with Gasteiger partial charge < -0.3 is 4.79 Å². The van der Waals surface area contributed by atoms with Crippen molar-refractivity contribution in [3.63, 3.8) is 0 Å². The summed E-state index contributed by atoms with van der Waals surface area (Å²) in [6, 6.07) is 12.2. The summed E-state index contributed by atoms with van der Waals surface area (Å²) < 4.78 is 1.96. The number of hydrogen-bond acceptors (Lipinski definition) is 3. The first-order chi connectivity index (χ1) is 12.7. The number of para-hydroxylation sites is 1. The number of dihydropyridines is 1. The quantitative estimate of drug-likeness (QED) is 0.740. The minimum absolute atomic E-state index is 0.303. The molecule has 130 valence electrons. The van der Waals surface area contributed by atoms with Crippen molar-refractivity contribution in [2.24, 2.45) is 4.99 Å². The number of hydrogen-bond donors (Lipinski definition) is 0. The fourth-order valence-corrected chi connectivity index (χ4v) is 3.18. The summed E-state index contributed by atoms with van der Waals surface area (Å²) in [5, 5.41) is 4.83. The molecule has 0 unspecified atom stereocenters. The van der Waals surface area contributed by atoms with E-state index >= 15 is 0 Å². The fourth-order valence-electron chi connectivity index (χ4n) is 3.18. The molecule has 1 saturated heterocycles. The van der Waals surface area contributed by atoms with Crippen LogP contribution in [0.2, 0.25) is 12.6 Å². The molecule has 0 aliphatic carbocycles. The van der Waals surface area contributed by atoms with Gasteiger partial charge in [0.05, 0.1) is 22.8 Å². The van der Waals surface area contributed by atoms with Gasteiger partial charge in [-0.1, -0.05) is 43.0 Å². The van der Waals surface area contributed by atoms with Crippen molar-refractivity contribution in [3.8, 4) is 5.69 Å². The highest BCUT2D eigenvalue weighted by molar-refractivity contribution is 6.97. The summed E-state index contributed by atoms with van der Waals surface area (Å²) in [4.78, 5) is 16.4. The number of rotatable bonds is 6. The predicted molar refractivity (Wildman–Crippen MR) is 108 cm³/mol. The van der Waals surface area contributed by atoms with Gasteiger partial charge in [-0.15, -0.1) is 0 Å². The second-order valence-corrected chi connectivity index (χ2v) is 6.98. The van der Waals surface area contributed by atoms with Crippen molar-refractivity contribution < 1.29 is 4.79 Å². The topological polar surface area (TPSA) is 47.2 Å². The molecule has 2 aromatic rings. The van der Waals surface area contributed by atoms with Crippen LogP contribution in [-0.4, -0.2) is 34.9 Å². The standard InChI is InChI=1S/C21H22BN3O/c1-16(9-10-21(26)22-11-12-22)20-14-19(17-6-5-13-23-15-17)24-25(20)18-7-3-2-4-8-18/h2-4,6-9,14-15H,5,10-13H2,1H3. The van der Waals surface area contributed by atoms with Gasteiger partial charge in [-0.25, -0.2) is 4.68 Å². The summed E-state index contributed by atoms with van der Waals surface area (Å²) in [7, 11) is 0. The molecule has 1 fully saturated rings. The Bertz CT molecular complexity index is 905. The number of benzene rings is 1. The molecular formula is C21H22BN3O. The van der Waals surface area contributed by atoms with Gasteiger partial charge in [-0.05, 0) is 37.1 Å². The SMILES string of the molecule is CC(=CCC(=O)B1CC1)c1cc(C2=CCCN=C2)nn1-c1ccccc1. The first-order valence-electron chi connectivity index (χ1n) is 9.28. The Morgan fingerprint density at radius 3 is 2.77 bits per heavy atom. The fraction of sp³-hybridized carbons (Fsp3) is 0.286. The second-order valence-electron chi connectivity index (χ2n) is 6.98. The minimum atomic E-state index is 0.303. The number of allylic oxidation sites excluding steroid dienone is 3. The molecule has 0 bridgehead atoms. The summed E-state index contributed by atoms with van der Waals surface area (Å²) in [5.74, 6) is 0. The minimum Gasteiger partial charge on any atom is -0.311 e. The lowest BCUT2D eigenvalue weighted by Gasteiger charge is -2.07. The summed E-state index contributed by atoms with van der Waals surface area (Å²) in [6.45, 7) is 3.21. The molecule has 2 aliphatic rings. The lowest BCUT2D eigenvalue weighted by molar-refractivity contribution is -0.111. The molecule has 3 heterocycles. The second kappa shape index (κ2) is 7.28. The maximum atomic E-state index is 12.1. The van der Waals surface area contributed by atoms with Crippen molar-refractivity contribution in [1.29, 1.82) is 0 Å². The van der Waals surface area contributed by atoms with Gasteiger partial charge in [0.2, 0.25) is 6.71 Å². The van der Waals surface area contributed by atoms with Gasteiger partial charge in [0.25, 0.3) is 0 Å². The van der Waals surface area contributed by atoms with E-state index in [1.165, 1.54) is 0 Å². The van der Waals surface area contributed by atoms with Crippen LogP contribution >= 0.6 is 0 Å². The Morgan fingerprint density at radius 2 is 2.08 bits per heavy atom. The first kappa shape index (κ1) is 16.8. The third kappa shape index (κ3) is 3.62. The molecule has 1 aromatic heterocycles. The summed E-state index contributed by atoms with van der Waals surface area (Å²) in [5.41, 5.74) is 5.47. The maximum absolute atomic E-state index is 12.1. The number of carbonyl (C=O) groups excluding carboxylic acids is 1. The van der Waals surface area contributed by atoms with Crippen LogP contribution in [0.15, 0.2) is 53.5 Å². The first-order valence-corrected chi connectivity index (χ1v) is 9.28. The highest BCUT2D eigenvalue weighted by Gasteiger charge is 2.33. The smallest absolute Gasteiger partial charge is 0.222 e. The van der Waals surface area contributed by atoms with Crippen LogP contribution in [0.25, 0.3) is 16.8 Å². The Labute approximate surface area is 154 Å². The van der Waals surface area contributed by atoms with Crippen LogP contribution in [0.5, 0.6) is 0 Å². The Balaban J connectivity index is 1.70. The average Bonchev–Trinajstić information content (AvgIpc) is 3.45. The van der Waals surface area contributed by atoms with Crippen LogP contribution in [0.3, 0.4) is 0 Å². The number of aromatic nitrogens is 2. The molecule has 0 N–H and O–H groups in total. The molecule has 1 aromatic carbocycles. The van der Waals surface area contributed by atoms with Crippen molar-refractivity contribution in [2.45, 2.75) is 32.4 Å². The van der Waals surface area contributed by atoms with E-state index in [-0.39, 0.29) is 0 Å². The van der Waals surface area contributed by atoms with Crippen LogP contribution in [0, 0.1) is 0 Å². The van der Waals surface area contributed by atoms with E-state index in [0.717, 1.165) is 53.8 Å². The lowest BCUT2D eigenvalue weighted by atomic mass is 9.65. The van der Waals surface area contributed by atoms with E-state index in [2.05, 4.69) is 24.1 Å². The summed E-state index contributed by atoms with van der Waals surface area (Å²) >= 11 is 0. The van der Waals surface area contributed by atoms with Crippen LogP contribution in [-0.2, 0) is 4.79 Å². The van der Waals surface area contributed by atoms with Gasteiger partial charge in [0, 0.05) is 24.8 Å². The van der Waals surface area contributed by atoms with Gasteiger partial charge in [-0.3, -0.25) is 4.99 Å². The largest absolute Gasteiger partial charge is 0.311 e. The van der Waals surface area contributed by atoms with E-state index < -0.39 is 0 Å². The van der Waals surface area contributed by atoms with E-state index in [4.69, 9.17) is 5.10 Å². The zero-order valence-electron chi connectivity index (χ0n) is 15.1. The Morgan fingerprint density at radius 1 is 1.27 bits per heavy atom. The van der Waals surface area contributed by atoms with Crippen molar-refractivity contribution in [2.75, 3.05) is 6.54 Å². The molecule has 0 atom stereocenters. The van der Waals surface area contributed by atoms with Gasteiger partial charge in [0.1, 0.15) is 0 Å². The molecule has 0 spiro atoms. The average molecular weight is 343 g/mol. The number of aliphatic imine (C=N–C) groups is 1. The number of nitrogens with zero attached hydrogens (tertiary/aromatic N) is 3. The van der Waals surface area contributed by atoms with Gasteiger partial charge in [-0.2, -0.15) is 5.10 Å². The van der Waals surface area contributed by atoms with Gasteiger partial charge in [0.15, 0.2) is 0 Å². The molecule has 0 radical (unpaired) electrons. The Hall–Kier alpha value is -2.69. The lowest BCUT2D eigenvalue weighted by Crippen LogP contribution is -2.07. The molecule has 4 nitrogen and oxygen atoms in total. The predicted octanol–water partition coefficient (Wildman–Crippen LogP) is 4.14. The zero-order chi connectivity index (χ0) is 17.9. The van der Waals surface area contributed by atoms with Crippen molar-refractivity contribution in [1.82, 2.24) is 9.78 Å². The molecule has 2 aliphatic heterocycles. The third-order valence-corrected chi connectivity index (χ3v) is 4.90. The zero-order valence-corrected chi connectivity index (χ0v) is 15.1. The van der Waals surface area contributed by atoms with E-state index in [1.807, 2.05) is 47.3 Å². The van der Waals surface area contributed by atoms with Crippen molar-refractivity contribution in [3.05, 3.63) is 59.9 Å². The van der Waals surface area contributed by atoms with Crippen LogP contribution in [0.1, 0.15) is 31.2 Å². The van der Waals surface area contributed by atoms with Gasteiger partial charge >= 0.3 is 0 Å². The maximum Gasteiger partial charge on any atom is 0.222 e. The molecule has 5 heteroatoms. The molecule has 0 saturated carbocycles. The molecule has 4 rings (SSSR count). The van der Waals surface area contributed by atoms with Crippen molar-refractivity contribution >= 4 is 29.8 Å². The summed E-state index contributed by atoms with van der Waals surface area (Å²) in [6.07, 6.45) is 9.71. The van der Waals surface area contributed by atoms with E-state index in [1.54, 1.807) is 0 Å². The highest BCUT2D eigenvalue weighted by Crippen LogP contribution is 2.26. The molecule has 0 amide bonds. The third-order valence-electron chi connectivity index (χ3n) is 4.90. The normalized spacial score (nSPS) is 16.6. The Kier molecular flexibility index (Phi) is 4.70. The highest BCUT2D eigenvalue weighted by atomic mass is 16.1. The van der Waals surface area contributed by atoms with Crippen LogP contribution < -0.4 is 0 Å². The molecule has 26 heavy (non-hydrogen) atoms.